The van der Waals surface area contributed by atoms with E-state index in [1.54, 1.807) is 0 Å². The van der Waals surface area contributed by atoms with Crippen molar-refractivity contribution < 1.29 is 33.1 Å². The van der Waals surface area contributed by atoms with Crippen LogP contribution >= 0.6 is 0 Å². The van der Waals surface area contributed by atoms with Gasteiger partial charge in [-0.2, -0.15) is 0 Å². The quantitative estimate of drug-likeness (QED) is 0.522. The zero-order chi connectivity index (χ0) is 15.3. The Labute approximate surface area is 113 Å². The second-order valence-corrected chi connectivity index (χ2v) is 5.26. The Hall–Kier alpha value is -1.00. The largest absolute Gasteiger partial charge is 0.594 e. The zero-order valence-electron chi connectivity index (χ0n) is 11.5. The Bertz CT molecular complexity index is 231. The molecule has 19 heavy (non-hydrogen) atoms. The summed E-state index contributed by atoms with van der Waals surface area (Å²) in [6.45, 7) is 7.19. The third-order valence-electron chi connectivity index (χ3n) is 1.59. The number of carboxylic acid groups (broad SMARTS) is 2. The first-order valence-electron chi connectivity index (χ1n) is 5.95. The first-order chi connectivity index (χ1) is 8.81. The van der Waals surface area contributed by atoms with Crippen molar-refractivity contribution in [2.45, 2.75) is 33.6 Å². The molecule has 8 nitrogen and oxygen atoms in total. The lowest BCUT2D eigenvalue weighted by Gasteiger charge is -2.22. The van der Waals surface area contributed by atoms with Gasteiger partial charge in [-0.25, -0.2) is 0 Å². The van der Waals surface area contributed by atoms with E-state index in [1.165, 1.54) is 0 Å². The Morgan fingerprint density at radius 2 is 1.16 bits per heavy atom. The highest BCUT2D eigenvalue weighted by Gasteiger charge is 2.35. The summed E-state index contributed by atoms with van der Waals surface area (Å²) in [6, 6.07) is 0. The fraction of sp³-hybridized carbons (Fsp3) is 0.800. The SMILES string of the molecule is CCO[Si](N)(OCC)OCC.O=C(O)CCC(=O)O. The second-order valence-electron chi connectivity index (χ2n) is 3.19. The van der Waals surface area contributed by atoms with Crippen LogP contribution < -0.4 is 5.40 Å². The summed E-state index contributed by atoms with van der Waals surface area (Å²) in [5.41, 5.74) is 0. The molecule has 0 atom stereocenters. The van der Waals surface area contributed by atoms with Crippen LogP contribution in [0.3, 0.4) is 0 Å². The molecule has 0 bridgehead atoms. The molecule has 0 aromatic rings. The highest BCUT2D eigenvalue weighted by atomic mass is 28.4. The van der Waals surface area contributed by atoms with Crippen molar-refractivity contribution in [3.63, 3.8) is 0 Å². The van der Waals surface area contributed by atoms with Crippen molar-refractivity contribution in [3.05, 3.63) is 0 Å². The third-order valence-corrected chi connectivity index (χ3v) is 3.66. The van der Waals surface area contributed by atoms with E-state index in [9.17, 15) is 9.59 Å². The molecule has 0 amide bonds. The molecule has 0 rings (SSSR count). The van der Waals surface area contributed by atoms with Crippen molar-refractivity contribution in [1.82, 2.24) is 0 Å². The fourth-order valence-corrected chi connectivity index (χ4v) is 2.40. The maximum atomic E-state index is 9.64. The molecule has 0 spiro atoms. The maximum Gasteiger partial charge on any atom is 0.594 e. The van der Waals surface area contributed by atoms with Crippen LogP contribution in [0.15, 0.2) is 0 Å². The second kappa shape index (κ2) is 12.1. The van der Waals surface area contributed by atoms with Crippen molar-refractivity contribution >= 4 is 20.9 Å². The van der Waals surface area contributed by atoms with Crippen LogP contribution in [0.4, 0.5) is 0 Å². The molecule has 0 radical (unpaired) electrons. The predicted molar refractivity (Wildman–Crippen MR) is 69.3 cm³/mol. The molecule has 0 aromatic carbocycles. The number of hydrogen-bond donors (Lipinski definition) is 3. The standard InChI is InChI=1S/C6H17NO3Si.C4H6O4/c1-4-8-11(7,9-5-2)10-6-3;5-3(6)1-2-4(7)8/h4-7H2,1-3H3;1-2H2,(H,5,6)(H,7,8). The van der Waals surface area contributed by atoms with Crippen molar-refractivity contribution in [2.24, 2.45) is 5.40 Å². The molecule has 9 heteroatoms. The summed E-state index contributed by atoms with van der Waals surface area (Å²) in [5.74, 6) is -2.15. The van der Waals surface area contributed by atoms with Crippen LogP contribution in [0.2, 0.25) is 0 Å². The van der Waals surface area contributed by atoms with E-state index in [0.717, 1.165) is 0 Å². The lowest BCUT2D eigenvalue weighted by atomic mass is 10.3. The lowest BCUT2D eigenvalue weighted by molar-refractivity contribution is -0.143. The highest BCUT2D eigenvalue weighted by Crippen LogP contribution is 2.00. The summed E-state index contributed by atoms with van der Waals surface area (Å²) in [5, 5.41) is 21.5. The predicted octanol–water partition coefficient (Wildman–Crippen LogP) is 0.426. The molecular weight excluding hydrogens is 274 g/mol. The summed E-state index contributed by atoms with van der Waals surface area (Å²) in [4.78, 5) is 19.3. The smallest absolute Gasteiger partial charge is 0.481 e. The normalized spacial score (nSPS) is 10.5. The van der Waals surface area contributed by atoms with Gasteiger partial charge in [0.25, 0.3) is 0 Å². The highest BCUT2D eigenvalue weighted by molar-refractivity contribution is 6.56. The molecule has 0 aromatic heterocycles. The average Bonchev–Trinajstić information content (AvgIpc) is 2.28. The summed E-state index contributed by atoms with van der Waals surface area (Å²) in [7, 11) is -2.75. The van der Waals surface area contributed by atoms with Gasteiger partial charge in [0.2, 0.25) is 0 Å². The van der Waals surface area contributed by atoms with Crippen LogP contribution in [-0.2, 0) is 22.9 Å². The van der Waals surface area contributed by atoms with Crippen LogP contribution in [0.1, 0.15) is 33.6 Å². The van der Waals surface area contributed by atoms with Gasteiger partial charge in [0.15, 0.2) is 0 Å². The van der Waals surface area contributed by atoms with E-state index in [0.29, 0.717) is 19.8 Å². The number of rotatable bonds is 9. The number of nitrogens with two attached hydrogens (primary N) is 1. The van der Waals surface area contributed by atoms with Gasteiger partial charge in [0, 0.05) is 19.8 Å². The summed E-state index contributed by atoms with van der Waals surface area (Å²) >= 11 is 0. The van der Waals surface area contributed by atoms with Gasteiger partial charge in [-0.1, -0.05) is 0 Å². The monoisotopic (exact) mass is 297 g/mol. The van der Waals surface area contributed by atoms with E-state index in [1.807, 2.05) is 20.8 Å². The zero-order valence-corrected chi connectivity index (χ0v) is 12.5. The number of carboxylic acids is 2. The van der Waals surface area contributed by atoms with Gasteiger partial charge in [-0.05, 0) is 20.8 Å². The van der Waals surface area contributed by atoms with Crippen LogP contribution in [-0.4, -0.2) is 50.9 Å². The molecule has 114 valence electrons. The molecule has 4 N–H and O–H groups in total. The molecule has 0 heterocycles. The minimum Gasteiger partial charge on any atom is -0.481 e. The molecule has 0 aliphatic rings. The van der Waals surface area contributed by atoms with Crippen molar-refractivity contribution in [1.29, 1.82) is 0 Å². The Kier molecular flexibility index (Phi) is 12.9. The van der Waals surface area contributed by atoms with Crippen LogP contribution in [0, 0.1) is 0 Å². The van der Waals surface area contributed by atoms with Gasteiger partial charge >= 0.3 is 20.9 Å². The lowest BCUT2D eigenvalue weighted by Crippen LogP contribution is -2.55. The Morgan fingerprint density at radius 1 is 0.895 bits per heavy atom. The number of carbonyl (C=O) groups is 2. The maximum absolute atomic E-state index is 9.64. The fourth-order valence-electron chi connectivity index (χ4n) is 0.942. The van der Waals surface area contributed by atoms with Crippen molar-refractivity contribution in [2.75, 3.05) is 19.8 Å². The van der Waals surface area contributed by atoms with Gasteiger partial charge in [-0.15, -0.1) is 0 Å². The molecule has 0 saturated carbocycles. The van der Waals surface area contributed by atoms with Gasteiger partial charge < -0.3 is 23.5 Å². The first kappa shape index (κ1) is 20.3. The van der Waals surface area contributed by atoms with E-state index < -0.39 is 20.9 Å². The number of hydrogen-bond acceptors (Lipinski definition) is 6. The molecule has 0 fully saturated rings. The van der Waals surface area contributed by atoms with E-state index in [4.69, 9.17) is 28.9 Å². The third kappa shape index (κ3) is 14.9. The summed E-state index contributed by atoms with van der Waals surface area (Å²) in [6.07, 6.45) is -0.593. The van der Waals surface area contributed by atoms with E-state index in [2.05, 4.69) is 0 Å². The minimum atomic E-state index is -2.75. The molecule has 0 saturated heterocycles. The van der Waals surface area contributed by atoms with Gasteiger partial charge in [0.05, 0.1) is 12.8 Å². The topological polar surface area (TPSA) is 128 Å². The average molecular weight is 297 g/mol. The van der Waals surface area contributed by atoms with E-state index in [-0.39, 0.29) is 12.8 Å². The summed E-state index contributed by atoms with van der Waals surface area (Å²) < 4.78 is 15.5. The van der Waals surface area contributed by atoms with Gasteiger partial charge in [-0.3, -0.25) is 15.0 Å². The Morgan fingerprint density at radius 3 is 1.32 bits per heavy atom. The first-order valence-corrected chi connectivity index (χ1v) is 7.75. The van der Waals surface area contributed by atoms with E-state index >= 15 is 0 Å². The van der Waals surface area contributed by atoms with Crippen LogP contribution in [0.5, 0.6) is 0 Å². The number of aliphatic carboxylic acids is 2. The molecular formula is C10H23NO7Si. The van der Waals surface area contributed by atoms with Gasteiger partial charge in [0.1, 0.15) is 0 Å². The minimum absolute atomic E-state index is 0.296. The van der Waals surface area contributed by atoms with Crippen LogP contribution in [0.25, 0.3) is 0 Å². The molecule has 0 aliphatic heterocycles. The Balaban J connectivity index is 0. The molecule has 0 unspecified atom stereocenters. The van der Waals surface area contributed by atoms with Crippen molar-refractivity contribution in [3.8, 4) is 0 Å². The molecule has 0 aliphatic carbocycles.